The highest BCUT2D eigenvalue weighted by Gasteiger charge is 2.44. The van der Waals surface area contributed by atoms with Crippen molar-refractivity contribution in [2.24, 2.45) is 5.73 Å². The average Bonchev–Trinajstić information content (AvgIpc) is 3.59. The zero-order chi connectivity index (χ0) is 23.4. The lowest BCUT2D eigenvalue weighted by atomic mass is 10.0. The van der Waals surface area contributed by atoms with Crippen molar-refractivity contribution in [2.75, 3.05) is 31.3 Å². The van der Waals surface area contributed by atoms with Crippen molar-refractivity contribution in [3.05, 3.63) is 78.0 Å². The van der Waals surface area contributed by atoms with Gasteiger partial charge in [-0.25, -0.2) is 4.98 Å². The van der Waals surface area contributed by atoms with Gasteiger partial charge in [0.2, 0.25) is 0 Å². The predicted molar refractivity (Wildman–Crippen MR) is 128 cm³/mol. The van der Waals surface area contributed by atoms with Crippen molar-refractivity contribution in [1.82, 2.24) is 9.88 Å². The second kappa shape index (κ2) is 9.20. The van der Waals surface area contributed by atoms with Gasteiger partial charge in [0, 0.05) is 32.0 Å². The normalized spacial score (nSPS) is 13.6. The molecule has 1 aliphatic carbocycles. The van der Waals surface area contributed by atoms with Crippen LogP contribution in [0.5, 0.6) is 5.75 Å². The summed E-state index contributed by atoms with van der Waals surface area (Å²) in [7, 11) is 3.37. The molecule has 4 rings (SSSR count). The molecule has 0 saturated heterocycles. The Bertz CT molecular complexity index is 1140. The van der Waals surface area contributed by atoms with Crippen LogP contribution in [0, 0.1) is 0 Å². The van der Waals surface area contributed by atoms with Gasteiger partial charge in [-0.15, -0.1) is 0 Å². The number of hydrogen-bond acceptors (Lipinski definition) is 6. The van der Waals surface area contributed by atoms with Crippen LogP contribution >= 0.6 is 0 Å². The SMILES string of the molecule is CN(C)C(=O)COc1ccc(Nc2cc(NC3(c4ccccc4)CC3)c(C(N)=O)cn2)cc1. The molecule has 1 saturated carbocycles. The van der Waals surface area contributed by atoms with Gasteiger partial charge in [-0.2, -0.15) is 0 Å². The molecule has 0 unspecified atom stereocenters. The van der Waals surface area contributed by atoms with E-state index in [1.165, 1.54) is 16.7 Å². The van der Waals surface area contributed by atoms with Crippen molar-refractivity contribution in [3.63, 3.8) is 0 Å². The van der Waals surface area contributed by atoms with E-state index in [9.17, 15) is 9.59 Å². The molecule has 2 amide bonds. The summed E-state index contributed by atoms with van der Waals surface area (Å²) in [6, 6.07) is 19.2. The molecular formula is C25H27N5O3. The van der Waals surface area contributed by atoms with Gasteiger partial charge >= 0.3 is 0 Å². The summed E-state index contributed by atoms with van der Waals surface area (Å²) in [4.78, 5) is 29.5. The quantitative estimate of drug-likeness (QED) is 0.465. The molecule has 1 fully saturated rings. The van der Waals surface area contributed by atoms with Crippen LogP contribution in [-0.2, 0) is 10.3 Å². The second-order valence-electron chi connectivity index (χ2n) is 8.28. The van der Waals surface area contributed by atoms with E-state index < -0.39 is 5.91 Å². The number of nitrogens with zero attached hydrogens (tertiary/aromatic N) is 2. The predicted octanol–water partition coefficient (Wildman–Crippen LogP) is 3.49. The highest BCUT2D eigenvalue weighted by atomic mass is 16.5. The Morgan fingerprint density at radius 1 is 1.09 bits per heavy atom. The Hall–Kier alpha value is -4.07. The zero-order valence-corrected chi connectivity index (χ0v) is 18.7. The van der Waals surface area contributed by atoms with Gasteiger partial charge in [-0.3, -0.25) is 9.59 Å². The molecule has 0 spiro atoms. The molecule has 1 heterocycles. The number of carbonyl (C=O) groups is 2. The van der Waals surface area contributed by atoms with Gasteiger partial charge < -0.3 is 26.0 Å². The first-order chi connectivity index (χ1) is 15.9. The number of pyridine rings is 1. The number of carbonyl (C=O) groups excluding carboxylic acids is 2. The van der Waals surface area contributed by atoms with E-state index in [4.69, 9.17) is 10.5 Å². The first-order valence-corrected chi connectivity index (χ1v) is 10.7. The lowest BCUT2D eigenvalue weighted by Gasteiger charge is -2.21. The molecule has 8 nitrogen and oxygen atoms in total. The van der Waals surface area contributed by atoms with Crippen LogP contribution in [0.25, 0.3) is 0 Å². The fraction of sp³-hybridized carbons (Fsp3) is 0.240. The molecule has 8 heteroatoms. The van der Waals surface area contributed by atoms with E-state index in [1.54, 1.807) is 32.3 Å². The van der Waals surface area contributed by atoms with Gasteiger partial charge in [0.05, 0.1) is 16.8 Å². The number of likely N-dealkylation sites (N-methyl/N-ethyl adjacent to an activating group) is 1. The van der Waals surface area contributed by atoms with Gasteiger partial charge in [0.15, 0.2) is 6.61 Å². The molecule has 0 radical (unpaired) electrons. The molecule has 2 aromatic carbocycles. The third kappa shape index (κ3) is 5.23. The van der Waals surface area contributed by atoms with Gasteiger partial charge in [-0.05, 0) is 42.7 Å². The average molecular weight is 446 g/mol. The summed E-state index contributed by atoms with van der Waals surface area (Å²) < 4.78 is 5.50. The summed E-state index contributed by atoms with van der Waals surface area (Å²) in [5, 5.41) is 6.76. The number of primary amides is 1. The van der Waals surface area contributed by atoms with Crippen molar-refractivity contribution in [2.45, 2.75) is 18.4 Å². The Balaban J connectivity index is 1.49. The highest BCUT2D eigenvalue weighted by Crippen LogP contribution is 2.48. The largest absolute Gasteiger partial charge is 0.484 e. The molecule has 170 valence electrons. The summed E-state index contributed by atoms with van der Waals surface area (Å²) in [6.45, 7) is -0.0197. The van der Waals surface area contributed by atoms with E-state index >= 15 is 0 Å². The van der Waals surface area contributed by atoms with E-state index in [2.05, 4.69) is 27.8 Å². The fourth-order valence-electron chi connectivity index (χ4n) is 3.51. The minimum atomic E-state index is -0.533. The maximum atomic E-state index is 12.0. The molecule has 33 heavy (non-hydrogen) atoms. The number of aromatic nitrogens is 1. The van der Waals surface area contributed by atoms with Crippen LogP contribution in [0.1, 0.15) is 28.8 Å². The number of rotatable bonds is 9. The molecule has 1 aliphatic rings. The van der Waals surface area contributed by atoms with Crippen molar-refractivity contribution in [3.8, 4) is 5.75 Å². The van der Waals surface area contributed by atoms with Crippen LogP contribution in [0.15, 0.2) is 66.9 Å². The lowest BCUT2D eigenvalue weighted by molar-refractivity contribution is -0.130. The van der Waals surface area contributed by atoms with Crippen LogP contribution < -0.4 is 21.1 Å². The van der Waals surface area contributed by atoms with Crippen LogP contribution in [0.4, 0.5) is 17.2 Å². The molecule has 0 bridgehead atoms. The third-order valence-corrected chi connectivity index (χ3v) is 5.61. The summed E-state index contributed by atoms with van der Waals surface area (Å²) in [5.74, 6) is 0.519. The highest BCUT2D eigenvalue weighted by molar-refractivity contribution is 5.99. The Labute approximate surface area is 192 Å². The number of ether oxygens (including phenoxy) is 1. The maximum absolute atomic E-state index is 12.0. The molecule has 3 aromatic rings. The smallest absolute Gasteiger partial charge is 0.259 e. The third-order valence-electron chi connectivity index (χ3n) is 5.61. The van der Waals surface area contributed by atoms with Gasteiger partial charge in [-0.1, -0.05) is 30.3 Å². The number of anilines is 3. The van der Waals surface area contributed by atoms with Crippen LogP contribution in [0.3, 0.4) is 0 Å². The Morgan fingerprint density at radius 2 is 1.79 bits per heavy atom. The topological polar surface area (TPSA) is 110 Å². The van der Waals surface area contributed by atoms with E-state index in [0.717, 1.165) is 18.5 Å². The maximum Gasteiger partial charge on any atom is 0.259 e. The molecule has 0 aliphatic heterocycles. The molecule has 4 N–H and O–H groups in total. The number of nitrogens with one attached hydrogen (secondary N) is 2. The van der Waals surface area contributed by atoms with E-state index in [-0.39, 0.29) is 18.1 Å². The van der Waals surface area contributed by atoms with E-state index in [0.29, 0.717) is 22.8 Å². The van der Waals surface area contributed by atoms with Crippen LogP contribution in [-0.4, -0.2) is 42.4 Å². The molecule has 1 aromatic heterocycles. The second-order valence-corrected chi connectivity index (χ2v) is 8.28. The Morgan fingerprint density at radius 3 is 2.39 bits per heavy atom. The van der Waals surface area contributed by atoms with Crippen molar-refractivity contribution in [1.29, 1.82) is 0 Å². The first kappa shape index (κ1) is 22.1. The standard InChI is InChI=1S/C25H27N5O3/c1-30(2)23(31)16-33-19-10-8-18(9-11-19)28-22-14-21(20(15-27-22)24(26)32)29-25(12-13-25)17-6-4-3-5-7-17/h3-11,14-15H,12-13,16H2,1-2H3,(H2,26,32)(H2,27,28,29). The summed E-state index contributed by atoms with van der Waals surface area (Å²) >= 11 is 0. The molecular weight excluding hydrogens is 418 g/mol. The minimum Gasteiger partial charge on any atom is -0.484 e. The summed E-state index contributed by atoms with van der Waals surface area (Å²) in [5.41, 5.74) is 8.35. The molecule has 0 atom stereocenters. The number of benzene rings is 2. The summed E-state index contributed by atoms with van der Waals surface area (Å²) in [6.07, 6.45) is 3.43. The van der Waals surface area contributed by atoms with Crippen molar-refractivity contribution >= 4 is 29.0 Å². The van der Waals surface area contributed by atoms with Gasteiger partial charge in [0.1, 0.15) is 11.6 Å². The van der Waals surface area contributed by atoms with Crippen LogP contribution in [0.2, 0.25) is 0 Å². The number of hydrogen-bond donors (Lipinski definition) is 3. The first-order valence-electron chi connectivity index (χ1n) is 10.7. The van der Waals surface area contributed by atoms with Gasteiger partial charge in [0.25, 0.3) is 11.8 Å². The lowest BCUT2D eigenvalue weighted by Crippen LogP contribution is -2.27. The van der Waals surface area contributed by atoms with E-state index in [1.807, 2.05) is 30.3 Å². The number of nitrogens with two attached hydrogens (primary N) is 1. The monoisotopic (exact) mass is 445 g/mol. The number of amides is 2. The van der Waals surface area contributed by atoms with Crippen molar-refractivity contribution < 1.29 is 14.3 Å². The Kier molecular flexibility index (Phi) is 6.17. The minimum absolute atomic E-state index is 0.0197. The zero-order valence-electron chi connectivity index (χ0n) is 18.7. The fourth-order valence-corrected chi connectivity index (χ4v) is 3.51.